The molecular formula is C23H23F2N5O2. The highest BCUT2D eigenvalue weighted by Gasteiger charge is 2.28. The fourth-order valence-electron chi connectivity index (χ4n) is 4.18. The summed E-state index contributed by atoms with van der Waals surface area (Å²) in [5.74, 6) is -0.816. The largest absolute Gasteiger partial charge is 0.490 e. The lowest BCUT2D eigenvalue weighted by molar-refractivity contribution is 0.165. The Kier molecular flexibility index (Phi) is 5.65. The number of fused-ring (bicyclic) bond motifs is 1. The average molecular weight is 439 g/mol. The minimum atomic E-state index is -0.964. The predicted molar refractivity (Wildman–Crippen MR) is 113 cm³/mol. The van der Waals surface area contributed by atoms with Crippen LogP contribution < -0.4 is 9.64 Å². The van der Waals surface area contributed by atoms with Gasteiger partial charge in [0.2, 0.25) is 5.82 Å². The predicted octanol–water partition coefficient (Wildman–Crippen LogP) is 3.75. The van der Waals surface area contributed by atoms with Crippen molar-refractivity contribution in [3.63, 3.8) is 0 Å². The number of ether oxygens (including phenoxy) is 2. The molecule has 5 rings (SSSR count). The fourth-order valence-corrected chi connectivity index (χ4v) is 4.18. The highest BCUT2D eigenvalue weighted by atomic mass is 19.2. The number of hydrogen-bond acceptors (Lipinski definition) is 7. The third-order valence-corrected chi connectivity index (χ3v) is 5.98. The molecule has 3 aromatic rings. The van der Waals surface area contributed by atoms with Gasteiger partial charge in [0, 0.05) is 67.5 Å². The van der Waals surface area contributed by atoms with Crippen molar-refractivity contribution in [2.24, 2.45) is 5.92 Å². The van der Waals surface area contributed by atoms with Gasteiger partial charge in [-0.05, 0) is 19.4 Å². The topological polar surface area (TPSA) is 73.3 Å². The van der Waals surface area contributed by atoms with E-state index in [-0.39, 0.29) is 17.7 Å². The number of rotatable bonds is 5. The maximum Gasteiger partial charge on any atom is 0.200 e. The van der Waals surface area contributed by atoms with Crippen LogP contribution in [0.1, 0.15) is 30.6 Å². The zero-order chi connectivity index (χ0) is 22.1. The Bertz CT molecular complexity index is 1110. The Morgan fingerprint density at radius 2 is 2.00 bits per heavy atom. The molecule has 7 nitrogen and oxygen atoms in total. The van der Waals surface area contributed by atoms with Crippen molar-refractivity contribution in [2.45, 2.75) is 25.8 Å². The van der Waals surface area contributed by atoms with E-state index < -0.39 is 11.6 Å². The van der Waals surface area contributed by atoms with Gasteiger partial charge >= 0.3 is 0 Å². The molecule has 0 saturated carbocycles. The van der Waals surface area contributed by atoms with Crippen LogP contribution in [-0.4, -0.2) is 46.3 Å². The van der Waals surface area contributed by atoms with Crippen LogP contribution in [0.3, 0.4) is 0 Å². The van der Waals surface area contributed by atoms with E-state index in [0.29, 0.717) is 50.1 Å². The first kappa shape index (κ1) is 20.7. The summed E-state index contributed by atoms with van der Waals surface area (Å²) >= 11 is 0. The molecule has 0 N–H and O–H groups in total. The summed E-state index contributed by atoms with van der Waals surface area (Å²) in [6.07, 6.45) is 6.56. The molecule has 2 unspecified atom stereocenters. The molecule has 0 aliphatic carbocycles. The standard InChI is InChI=1S/C23H23F2N5O2/c1-14-17-11-28-23(22-26-5-2-6-27-22)29-19(17)3-7-30(14)16-9-18(24)21(25)20(10-16)32-13-15-4-8-31-12-15/h2,5-6,9-11,14-15H,3-4,7-8,12-13H2,1H3. The number of nitrogens with zero attached hydrogens (tertiary/aromatic N) is 5. The lowest BCUT2D eigenvalue weighted by Gasteiger charge is -2.36. The van der Waals surface area contributed by atoms with Crippen LogP contribution in [-0.2, 0) is 11.2 Å². The molecule has 9 heteroatoms. The van der Waals surface area contributed by atoms with Crippen molar-refractivity contribution in [1.29, 1.82) is 0 Å². The Morgan fingerprint density at radius 1 is 1.16 bits per heavy atom. The average Bonchev–Trinajstić information content (AvgIpc) is 3.34. The molecule has 0 radical (unpaired) electrons. The van der Waals surface area contributed by atoms with Crippen LogP contribution in [0, 0.1) is 17.6 Å². The summed E-state index contributed by atoms with van der Waals surface area (Å²) < 4.78 is 39.8. The summed E-state index contributed by atoms with van der Waals surface area (Å²) in [5.41, 5.74) is 2.41. The molecule has 2 aromatic heterocycles. The van der Waals surface area contributed by atoms with Crippen molar-refractivity contribution in [3.8, 4) is 17.4 Å². The maximum absolute atomic E-state index is 14.4. The zero-order valence-electron chi connectivity index (χ0n) is 17.7. The molecule has 0 spiro atoms. The third-order valence-electron chi connectivity index (χ3n) is 5.98. The highest BCUT2D eigenvalue weighted by Crippen LogP contribution is 2.36. The highest BCUT2D eigenvalue weighted by molar-refractivity contribution is 5.55. The van der Waals surface area contributed by atoms with Gasteiger partial charge in [0.25, 0.3) is 0 Å². The van der Waals surface area contributed by atoms with E-state index in [1.807, 2.05) is 11.8 Å². The van der Waals surface area contributed by atoms with Gasteiger partial charge in [0.1, 0.15) is 0 Å². The van der Waals surface area contributed by atoms with Crippen molar-refractivity contribution in [1.82, 2.24) is 19.9 Å². The Labute approximate surface area is 184 Å². The van der Waals surface area contributed by atoms with Crippen LogP contribution in [0.4, 0.5) is 14.5 Å². The van der Waals surface area contributed by atoms with Gasteiger partial charge in [0.05, 0.1) is 24.9 Å². The van der Waals surface area contributed by atoms with Crippen LogP contribution >= 0.6 is 0 Å². The smallest absolute Gasteiger partial charge is 0.200 e. The van der Waals surface area contributed by atoms with E-state index in [1.165, 1.54) is 6.07 Å². The van der Waals surface area contributed by atoms with Gasteiger partial charge in [-0.1, -0.05) is 0 Å². The third kappa shape index (κ3) is 4.00. The summed E-state index contributed by atoms with van der Waals surface area (Å²) in [7, 11) is 0. The summed E-state index contributed by atoms with van der Waals surface area (Å²) in [6.45, 7) is 4.16. The second-order valence-electron chi connectivity index (χ2n) is 8.07. The summed E-state index contributed by atoms with van der Waals surface area (Å²) in [5, 5.41) is 0. The van der Waals surface area contributed by atoms with E-state index >= 15 is 0 Å². The van der Waals surface area contributed by atoms with E-state index in [4.69, 9.17) is 9.47 Å². The van der Waals surface area contributed by atoms with Crippen molar-refractivity contribution < 1.29 is 18.3 Å². The van der Waals surface area contributed by atoms with Gasteiger partial charge in [0.15, 0.2) is 23.2 Å². The SMILES string of the molecule is CC1c2cnc(-c3ncccn3)nc2CCN1c1cc(F)c(F)c(OCC2CCOC2)c1. The number of halogens is 2. The quantitative estimate of drug-likeness (QED) is 0.599. The van der Waals surface area contributed by atoms with Gasteiger partial charge in [-0.25, -0.2) is 24.3 Å². The zero-order valence-corrected chi connectivity index (χ0v) is 17.7. The van der Waals surface area contributed by atoms with E-state index in [1.54, 1.807) is 30.7 Å². The van der Waals surface area contributed by atoms with Gasteiger partial charge in [-0.3, -0.25) is 0 Å². The lowest BCUT2D eigenvalue weighted by atomic mass is 9.98. The van der Waals surface area contributed by atoms with Crippen LogP contribution in [0.15, 0.2) is 36.8 Å². The van der Waals surface area contributed by atoms with Crippen LogP contribution in [0.25, 0.3) is 11.6 Å². The van der Waals surface area contributed by atoms with Crippen molar-refractivity contribution >= 4 is 5.69 Å². The Balaban J connectivity index is 1.39. The van der Waals surface area contributed by atoms with Gasteiger partial charge < -0.3 is 14.4 Å². The molecule has 2 aliphatic rings. The monoisotopic (exact) mass is 439 g/mol. The minimum Gasteiger partial charge on any atom is -0.490 e. The van der Waals surface area contributed by atoms with E-state index in [2.05, 4.69) is 19.9 Å². The maximum atomic E-state index is 14.4. The Hall–Kier alpha value is -3.20. The molecule has 1 saturated heterocycles. The fraction of sp³-hybridized carbons (Fsp3) is 0.391. The molecule has 4 heterocycles. The van der Waals surface area contributed by atoms with Crippen LogP contribution in [0.2, 0.25) is 0 Å². The number of aromatic nitrogens is 4. The first-order chi connectivity index (χ1) is 15.6. The summed E-state index contributed by atoms with van der Waals surface area (Å²) in [4.78, 5) is 19.5. The molecule has 1 fully saturated rings. The van der Waals surface area contributed by atoms with E-state index in [9.17, 15) is 8.78 Å². The first-order valence-electron chi connectivity index (χ1n) is 10.7. The van der Waals surface area contributed by atoms with Crippen molar-refractivity contribution in [3.05, 3.63) is 59.7 Å². The van der Waals surface area contributed by atoms with Gasteiger partial charge in [-0.15, -0.1) is 0 Å². The van der Waals surface area contributed by atoms with Crippen molar-refractivity contribution in [2.75, 3.05) is 31.3 Å². The molecule has 32 heavy (non-hydrogen) atoms. The second kappa shape index (κ2) is 8.74. The Morgan fingerprint density at radius 3 is 2.78 bits per heavy atom. The normalized spacial score (nSPS) is 20.3. The number of benzene rings is 1. The number of hydrogen-bond donors (Lipinski definition) is 0. The molecule has 1 aromatic carbocycles. The lowest BCUT2D eigenvalue weighted by Crippen LogP contribution is -2.35. The van der Waals surface area contributed by atoms with Gasteiger partial charge in [-0.2, -0.15) is 4.39 Å². The molecule has 2 atom stereocenters. The molecule has 166 valence electrons. The van der Waals surface area contributed by atoms with E-state index in [0.717, 1.165) is 17.7 Å². The molecule has 0 bridgehead atoms. The van der Waals surface area contributed by atoms with Crippen LogP contribution in [0.5, 0.6) is 5.75 Å². The minimum absolute atomic E-state index is 0.0716. The second-order valence-corrected chi connectivity index (χ2v) is 8.07. The first-order valence-corrected chi connectivity index (χ1v) is 10.7. The molecule has 2 aliphatic heterocycles. The molecular weight excluding hydrogens is 416 g/mol. The summed E-state index contributed by atoms with van der Waals surface area (Å²) in [6, 6.07) is 4.41. The molecule has 0 amide bonds. The number of anilines is 1.